The summed E-state index contributed by atoms with van der Waals surface area (Å²) in [6, 6.07) is 5.74. The summed E-state index contributed by atoms with van der Waals surface area (Å²) in [6.07, 6.45) is 5.95. The smallest absolute Gasteiger partial charge is 0.293 e. The van der Waals surface area contributed by atoms with Crippen LogP contribution in [0.1, 0.15) is 39.0 Å². The molecule has 1 aliphatic rings. The van der Waals surface area contributed by atoms with Gasteiger partial charge in [0.1, 0.15) is 5.69 Å². The minimum Gasteiger partial charge on any atom is -0.377 e. The van der Waals surface area contributed by atoms with E-state index in [0.29, 0.717) is 11.7 Å². The van der Waals surface area contributed by atoms with Crippen molar-refractivity contribution in [3.63, 3.8) is 0 Å². The van der Waals surface area contributed by atoms with E-state index in [1.165, 1.54) is 19.3 Å². The second kappa shape index (κ2) is 6.54. The highest BCUT2D eigenvalue weighted by molar-refractivity contribution is 14.1. The molecule has 0 radical (unpaired) electrons. The molecule has 1 saturated carbocycles. The first-order valence-corrected chi connectivity index (χ1v) is 7.88. The molecule has 2 unspecified atom stereocenters. The molecule has 1 aromatic rings. The van der Waals surface area contributed by atoms with E-state index < -0.39 is 0 Å². The Kier molecular flexibility index (Phi) is 5.01. The first-order chi connectivity index (χ1) is 9.10. The predicted molar refractivity (Wildman–Crippen MR) is 85.5 cm³/mol. The third-order valence-electron chi connectivity index (χ3n) is 3.88. The number of hydrogen-bond donors (Lipinski definition) is 1. The number of nitro benzene ring substituents is 1. The molecular formula is C14H19IN2O2. The number of rotatable bonds is 4. The average molecular weight is 374 g/mol. The number of halogens is 1. The van der Waals surface area contributed by atoms with Gasteiger partial charge in [-0.25, -0.2) is 0 Å². The topological polar surface area (TPSA) is 55.2 Å². The van der Waals surface area contributed by atoms with E-state index in [9.17, 15) is 10.1 Å². The lowest BCUT2D eigenvalue weighted by Crippen LogP contribution is -2.27. The molecule has 1 fully saturated rings. The van der Waals surface area contributed by atoms with Crippen molar-refractivity contribution in [1.29, 1.82) is 0 Å². The van der Waals surface area contributed by atoms with Crippen LogP contribution in [0, 0.1) is 19.6 Å². The number of anilines is 1. The molecule has 5 heteroatoms. The van der Waals surface area contributed by atoms with E-state index in [-0.39, 0.29) is 10.6 Å². The Balaban J connectivity index is 2.12. The van der Waals surface area contributed by atoms with Gasteiger partial charge < -0.3 is 5.32 Å². The third-order valence-corrected chi connectivity index (χ3v) is 4.55. The Hall–Kier alpha value is -0.850. The predicted octanol–water partition coefficient (Wildman–Crippen LogP) is 4.58. The molecule has 2 rings (SSSR count). The highest BCUT2D eigenvalue weighted by Gasteiger charge is 2.23. The number of nitro groups is 1. The summed E-state index contributed by atoms with van der Waals surface area (Å²) in [5.41, 5.74) is 0.845. The average Bonchev–Trinajstić information content (AvgIpc) is 2.41. The van der Waals surface area contributed by atoms with Gasteiger partial charge in [0, 0.05) is 15.7 Å². The largest absolute Gasteiger partial charge is 0.377 e. The lowest BCUT2D eigenvalue weighted by Gasteiger charge is -2.29. The van der Waals surface area contributed by atoms with Crippen molar-refractivity contribution in [2.24, 2.45) is 5.92 Å². The van der Waals surface area contributed by atoms with Gasteiger partial charge in [0.15, 0.2) is 0 Å². The number of hydrogen-bond acceptors (Lipinski definition) is 3. The fourth-order valence-corrected chi connectivity index (χ4v) is 3.27. The Morgan fingerprint density at radius 1 is 1.47 bits per heavy atom. The van der Waals surface area contributed by atoms with E-state index in [0.717, 1.165) is 22.3 Å². The summed E-state index contributed by atoms with van der Waals surface area (Å²) in [7, 11) is 0. The molecule has 0 bridgehead atoms. The molecule has 0 amide bonds. The molecule has 104 valence electrons. The Morgan fingerprint density at radius 3 is 2.95 bits per heavy atom. The maximum Gasteiger partial charge on any atom is 0.293 e. The lowest BCUT2D eigenvalue weighted by atomic mass is 9.84. The number of nitrogens with one attached hydrogen (secondary N) is 1. The van der Waals surface area contributed by atoms with E-state index >= 15 is 0 Å². The van der Waals surface area contributed by atoms with Crippen LogP contribution in [-0.2, 0) is 0 Å². The molecule has 0 spiro atoms. The van der Waals surface area contributed by atoms with Crippen LogP contribution in [0.25, 0.3) is 0 Å². The van der Waals surface area contributed by atoms with Crippen molar-refractivity contribution >= 4 is 34.0 Å². The first kappa shape index (κ1) is 14.6. The zero-order valence-electron chi connectivity index (χ0n) is 11.1. The maximum absolute atomic E-state index is 11.1. The van der Waals surface area contributed by atoms with Crippen LogP contribution in [0.5, 0.6) is 0 Å². The van der Waals surface area contributed by atoms with Gasteiger partial charge in [-0.2, -0.15) is 0 Å². The monoisotopic (exact) mass is 374 g/mol. The van der Waals surface area contributed by atoms with Crippen LogP contribution in [0.3, 0.4) is 0 Å². The fraction of sp³-hybridized carbons (Fsp3) is 0.571. The van der Waals surface area contributed by atoms with Gasteiger partial charge in [0.25, 0.3) is 5.69 Å². The van der Waals surface area contributed by atoms with E-state index in [2.05, 4.69) is 34.8 Å². The standard InChI is InChI=1S/C14H19IN2O2/c1-2-10-4-3-5-12(8-10)16-13-7-6-11(15)9-14(13)17(18)19/h6-7,9-10,12,16H,2-5,8H2,1H3. The quantitative estimate of drug-likeness (QED) is 0.477. The van der Waals surface area contributed by atoms with Crippen LogP contribution in [0.15, 0.2) is 18.2 Å². The minimum atomic E-state index is -0.301. The molecule has 19 heavy (non-hydrogen) atoms. The molecule has 0 aromatic heterocycles. The van der Waals surface area contributed by atoms with Crippen LogP contribution in [0.2, 0.25) is 0 Å². The van der Waals surface area contributed by atoms with Gasteiger partial charge >= 0.3 is 0 Å². The summed E-state index contributed by atoms with van der Waals surface area (Å²) in [6.45, 7) is 2.22. The summed E-state index contributed by atoms with van der Waals surface area (Å²) >= 11 is 2.10. The van der Waals surface area contributed by atoms with E-state index in [1.807, 2.05) is 12.1 Å². The molecule has 0 aliphatic heterocycles. The Labute approximate surface area is 127 Å². The van der Waals surface area contributed by atoms with Gasteiger partial charge in [-0.1, -0.05) is 26.2 Å². The second-order valence-electron chi connectivity index (χ2n) is 5.20. The number of nitrogens with zero attached hydrogens (tertiary/aromatic N) is 1. The normalized spacial score (nSPS) is 23.1. The van der Waals surface area contributed by atoms with Gasteiger partial charge in [-0.15, -0.1) is 0 Å². The van der Waals surface area contributed by atoms with Crippen LogP contribution < -0.4 is 5.32 Å². The summed E-state index contributed by atoms with van der Waals surface area (Å²) in [5.74, 6) is 0.758. The van der Waals surface area contributed by atoms with Crippen molar-refractivity contribution in [1.82, 2.24) is 0 Å². The van der Waals surface area contributed by atoms with Crippen molar-refractivity contribution in [2.75, 3.05) is 5.32 Å². The van der Waals surface area contributed by atoms with Crippen LogP contribution >= 0.6 is 22.6 Å². The van der Waals surface area contributed by atoms with Crippen molar-refractivity contribution < 1.29 is 4.92 Å². The Bertz CT molecular complexity index is 465. The number of benzene rings is 1. The van der Waals surface area contributed by atoms with Crippen LogP contribution in [0.4, 0.5) is 11.4 Å². The molecule has 1 aliphatic carbocycles. The van der Waals surface area contributed by atoms with Crippen molar-refractivity contribution in [3.8, 4) is 0 Å². The SMILES string of the molecule is CCC1CCCC(Nc2ccc(I)cc2[N+](=O)[O-])C1. The third kappa shape index (κ3) is 3.81. The minimum absolute atomic E-state index is 0.186. The first-order valence-electron chi connectivity index (χ1n) is 6.80. The van der Waals surface area contributed by atoms with Crippen molar-refractivity contribution in [3.05, 3.63) is 31.9 Å². The van der Waals surface area contributed by atoms with Gasteiger partial charge in [0.05, 0.1) is 4.92 Å². The zero-order valence-corrected chi connectivity index (χ0v) is 13.2. The van der Waals surface area contributed by atoms with E-state index in [4.69, 9.17) is 0 Å². The van der Waals surface area contributed by atoms with Gasteiger partial charge in [-0.05, 0) is 53.5 Å². The summed E-state index contributed by atoms with van der Waals surface area (Å²) < 4.78 is 0.893. The van der Waals surface area contributed by atoms with E-state index in [1.54, 1.807) is 6.07 Å². The van der Waals surface area contributed by atoms with Crippen LogP contribution in [-0.4, -0.2) is 11.0 Å². The maximum atomic E-state index is 11.1. The molecule has 2 atom stereocenters. The molecule has 4 nitrogen and oxygen atoms in total. The Morgan fingerprint density at radius 2 is 2.26 bits per heavy atom. The highest BCUT2D eigenvalue weighted by atomic mass is 127. The highest BCUT2D eigenvalue weighted by Crippen LogP contribution is 2.32. The van der Waals surface area contributed by atoms with Crippen molar-refractivity contribution in [2.45, 2.75) is 45.1 Å². The fourth-order valence-electron chi connectivity index (χ4n) is 2.79. The molecular weight excluding hydrogens is 355 g/mol. The zero-order chi connectivity index (χ0) is 13.8. The van der Waals surface area contributed by atoms with Gasteiger partial charge in [-0.3, -0.25) is 10.1 Å². The molecule has 1 N–H and O–H groups in total. The summed E-state index contributed by atoms with van der Waals surface area (Å²) in [4.78, 5) is 10.8. The molecule has 0 heterocycles. The molecule has 1 aromatic carbocycles. The second-order valence-corrected chi connectivity index (χ2v) is 6.45. The lowest BCUT2D eigenvalue weighted by molar-refractivity contribution is -0.384. The molecule has 0 saturated heterocycles. The summed E-state index contributed by atoms with van der Waals surface area (Å²) in [5, 5.41) is 14.5. The van der Waals surface area contributed by atoms with Gasteiger partial charge in [0.2, 0.25) is 0 Å².